The van der Waals surface area contributed by atoms with Crippen LogP contribution < -0.4 is 4.90 Å². The first kappa shape index (κ1) is 12.3. The third-order valence-corrected chi connectivity index (χ3v) is 4.40. The van der Waals surface area contributed by atoms with Gasteiger partial charge in [0.15, 0.2) is 5.82 Å². The fourth-order valence-electron chi connectivity index (χ4n) is 1.61. The Labute approximate surface area is 103 Å². The summed E-state index contributed by atoms with van der Waals surface area (Å²) in [5.74, 6) is 0.0424. The van der Waals surface area contributed by atoms with Gasteiger partial charge < -0.3 is 0 Å². The molecule has 0 saturated carbocycles. The van der Waals surface area contributed by atoms with Crippen molar-refractivity contribution < 1.29 is 13.2 Å². The number of aromatic nitrogens is 2. The molecule has 1 saturated heterocycles. The van der Waals surface area contributed by atoms with Crippen LogP contribution in [0, 0.1) is 6.92 Å². The number of hydrogen-bond acceptors (Lipinski definition) is 5. The molecule has 2 rings (SSSR count). The molecule has 17 heavy (non-hydrogen) atoms. The van der Waals surface area contributed by atoms with Crippen molar-refractivity contribution in [3.8, 4) is 0 Å². The number of hydrogen-bond donors (Lipinski definition) is 0. The molecule has 8 heteroatoms. The summed E-state index contributed by atoms with van der Waals surface area (Å²) in [6.45, 7) is 1.80. The number of carbonyl (C=O) groups excluding carboxylic acids is 1. The molecule has 1 unspecified atom stereocenters. The zero-order chi connectivity index (χ0) is 12.6. The van der Waals surface area contributed by atoms with E-state index in [1.807, 2.05) is 0 Å². The van der Waals surface area contributed by atoms with Gasteiger partial charge in [0, 0.05) is 23.6 Å². The molecule has 2 heterocycles. The number of aryl methyl sites for hydroxylation is 1. The van der Waals surface area contributed by atoms with Gasteiger partial charge in [0.1, 0.15) is 5.25 Å². The van der Waals surface area contributed by atoms with Crippen LogP contribution in [0.4, 0.5) is 5.82 Å². The Morgan fingerprint density at radius 2 is 2.12 bits per heavy atom. The molecule has 92 valence electrons. The van der Waals surface area contributed by atoms with Gasteiger partial charge in [0.25, 0.3) is 0 Å². The fourth-order valence-corrected chi connectivity index (χ4v) is 2.64. The number of nitrogens with zero attached hydrogens (tertiary/aromatic N) is 3. The SMILES string of the molecule is Cc1cnc(N2CC(S(=O)(=O)Cl)CC2=O)cn1. The summed E-state index contributed by atoms with van der Waals surface area (Å²) in [6.07, 6.45) is 2.85. The largest absolute Gasteiger partial charge is 0.294 e. The van der Waals surface area contributed by atoms with Gasteiger partial charge in [-0.15, -0.1) is 0 Å². The molecule has 1 aliphatic heterocycles. The third-order valence-electron chi connectivity index (χ3n) is 2.53. The Balaban J connectivity index is 2.24. The van der Waals surface area contributed by atoms with E-state index in [0.29, 0.717) is 5.82 Å². The van der Waals surface area contributed by atoms with E-state index in [1.165, 1.54) is 17.3 Å². The average Bonchev–Trinajstić information content (AvgIpc) is 2.61. The van der Waals surface area contributed by atoms with Crippen molar-refractivity contribution >= 4 is 31.5 Å². The summed E-state index contributed by atoms with van der Waals surface area (Å²) < 4.78 is 22.3. The predicted octanol–water partition coefficient (Wildman–Crippen LogP) is 0.459. The second-order valence-electron chi connectivity index (χ2n) is 3.82. The van der Waals surface area contributed by atoms with Crippen molar-refractivity contribution in [2.75, 3.05) is 11.4 Å². The first-order chi connectivity index (χ1) is 7.88. The third kappa shape index (κ3) is 2.55. The molecule has 1 amide bonds. The molecular formula is C9H10ClN3O3S. The minimum Gasteiger partial charge on any atom is -0.294 e. The molecule has 1 aromatic rings. The van der Waals surface area contributed by atoms with Crippen molar-refractivity contribution in [2.45, 2.75) is 18.6 Å². The lowest BCUT2D eigenvalue weighted by atomic mass is 10.4. The van der Waals surface area contributed by atoms with Crippen molar-refractivity contribution in [3.63, 3.8) is 0 Å². The second kappa shape index (κ2) is 4.23. The molecule has 0 radical (unpaired) electrons. The monoisotopic (exact) mass is 275 g/mol. The standard InChI is InChI=1S/C9H10ClN3O3S/c1-6-3-12-8(4-11-6)13-5-7(2-9(13)14)17(10,15)16/h3-4,7H,2,5H2,1H3. The van der Waals surface area contributed by atoms with Crippen LogP contribution in [0.15, 0.2) is 12.4 Å². The van der Waals surface area contributed by atoms with E-state index in [1.54, 1.807) is 6.92 Å². The van der Waals surface area contributed by atoms with Gasteiger partial charge in [-0.3, -0.25) is 14.7 Å². The van der Waals surface area contributed by atoms with Gasteiger partial charge in [-0.25, -0.2) is 13.4 Å². The molecule has 0 bridgehead atoms. The Morgan fingerprint density at radius 1 is 1.41 bits per heavy atom. The maximum Gasteiger partial charge on any atom is 0.237 e. The Hall–Kier alpha value is -1.21. The summed E-state index contributed by atoms with van der Waals surface area (Å²) in [5.41, 5.74) is 0.724. The zero-order valence-electron chi connectivity index (χ0n) is 9.00. The van der Waals surface area contributed by atoms with Gasteiger partial charge >= 0.3 is 0 Å². The van der Waals surface area contributed by atoms with E-state index in [2.05, 4.69) is 9.97 Å². The zero-order valence-corrected chi connectivity index (χ0v) is 10.6. The molecule has 0 spiro atoms. The summed E-state index contributed by atoms with van der Waals surface area (Å²) in [6, 6.07) is 0. The topological polar surface area (TPSA) is 80.2 Å². The summed E-state index contributed by atoms with van der Waals surface area (Å²) >= 11 is 0. The van der Waals surface area contributed by atoms with Crippen LogP contribution >= 0.6 is 10.7 Å². The van der Waals surface area contributed by atoms with Crippen LogP contribution in [0.3, 0.4) is 0 Å². The Kier molecular flexibility index (Phi) is 3.05. The van der Waals surface area contributed by atoms with E-state index >= 15 is 0 Å². The predicted molar refractivity (Wildman–Crippen MR) is 62.3 cm³/mol. The van der Waals surface area contributed by atoms with Crippen LogP contribution in [0.25, 0.3) is 0 Å². The van der Waals surface area contributed by atoms with Gasteiger partial charge in [-0.05, 0) is 6.92 Å². The molecular weight excluding hydrogens is 266 g/mol. The molecule has 6 nitrogen and oxygen atoms in total. The summed E-state index contributed by atoms with van der Waals surface area (Å²) in [5, 5.41) is -0.875. The van der Waals surface area contributed by atoms with Crippen LogP contribution in [0.1, 0.15) is 12.1 Å². The molecule has 1 aliphatic rings. The van der Waals surface area contributed by atoms with E-state index < -0.39 is 14.3 Å². The van der Waals surface area contributed by atoms with Crippen LogP contribution in [-0.4, -0.2) is 36.1 Å². The summed E-state index contributed by atoms with van der Waals surface area (Å²) in [4.78, 5) is 21.0. The molecule has 0 aromatic carbocycles. The molecule has 0 aliphatic carbocycles. The molecule has 1 fully saturated rings. The van der Waals surface area contributed by atoms with E-state index in [9.17, 15) is 13.2 Å². The number of halogens is 1. The van der Waals surface area contributed by atoms with Crippen molar-refractivity contribution in [1.29, 1.82) is 0 Å². The van der Waals surface area contributed by atoms with Gasteiger partial charge in [0.05, 0.1) is 18.1 Å². The number of carbonyl (C=O) groups is 1. The normalized spacial score (nSPS) is 20.9. The van der Waals surface area contributed by atoms with Crippen molar-refractivity contribution in [1.82, 2.24) is 9.97 Å². The highest BCUT2D eigenvalue weighted by Crippen LogP contribution is 2.24. The van der Waals surface area contributed by atoms with Crippen LogP contribution in [0.5, 0.6) is 0 Å². The lowest BCUT2D eigenvalue weighted by Gasteiger charge is -2.14. The van der Waals surface area contributed by atoms with E-state index in [4.69, 9.17) is 10.7 Å². The second-order valence-corrected chi connectivity index (χ2v) is 6.73. The highest BCUT2D eigenvalue weighted by Gasteiger charge is 2.38. The fraction of sp³-hybridized carbons (Fsp3) is 0.444. The Morgan fingerprint density at radius 3 is 2.59 bits per heavy atom. The number of anilines is 1. The van der Waals surface area contributed by atoms with Gasteiger partial charge in [0.2, 0.25) is 15.0 Å². The number of rotatable bonds is 2. The minimum atomic E-state index is -3.72. The van der Waals surface area contributed by atoms with Crippen LogP contribution in [-0.2, 0) is 13.8 Å². The first-order valence-corrected chi connectivity index (χ1v) is 7.27. The average molecular weight is 276 g/mol. The van der Waals surface area contributed by atoms with Gasteiger partial charge in [-0.1, -0.05) is 0 Å². The lowest BCUT2D eigenvalue weighted by molar-refractivity contribution is -0.117. The minimum absolute atomic E-state index is 0.0302. The molecule has 1 atom stereocenters. The molecule has 0 N–H and O–H groups in total. The first-order valence-electron chi connectivity index (χ1n) is 4.90. The van der Waals surface area contributed by atoms with Crippen LogP contribution in [0.2, 0.25) is 0 Å². The maximum absolute atomic E-state index is 11.7. The lowest BCUT2D eigenvalue weighted by Crippen LogP contribution is -2.27. The summed E-state index contributed by atoms with van der Waals surface area (Å²) in [7, 11) is 1.52. The van der Waals surface area contributed by atoms with E-state index in [-0.39, 0.29) is 18.9 Å². The smallest absolute Gasteiger partial charge is 0.237 e. The van der Waals surface area contributed by atoms with Crippen molar-refractivity contribution in [2.24, 2.45) is 0 Å². The highest BCUT2D eigenvalue weighted by molar-refractivity contribution is 8.14. The highest BCUT2D eigenvalue weighted by atomic mass is 35.7. The van der Waals surface area contributed by atoms with E-state index in [0.717, 1.165) is 5.69 Å². The van der Waals surface area contributed by atoms with Gasteiger partial charge in [-0.2, -0.15) is 0 Å². The quantitative estimate of drug-likeness (QED) is 0.733. The molecule has 1 aromatic heterocycles. The Bertz CT molecular complexity index is 543. The maximum atomic E-state index is 11.7. The van der Waals surface area contributed by atoms with Crippen molar-refractivity contribution in [3.05, 3.63) is 18.1 Å². The number of amides is 1.